The minimum Gasteiger partial charge on any atom is -0.457 e. The first kappa shape index (κ1) is 37.7. The maximum atomic E-state index is 8.49. The maximum Gasteiger partial charge on any atom is 2.00 e. The van der Waals surface area contributed by atoms with Crippen LogP contribution < -0.4 is 37.3 Å². The van der Waals surface area contributed by atoms with Crippen LogP contribution in [-0.2, 0) is 40.5 Å². The molecule has 2 aromatic heterocycles. The summed E-state index contributed by atoms with van der Waals surface area (Å²) < 4.78 is 73.7. The number of rotatable bonds is 4. The van der Waals surface area contributed by atoms with Gasteiger partial charge in [-0.3, -0.25) is 0 Å². The van der Waals surface area contributed by atoms with Crippen molar-refractivity contribution in [1.82, 2.24) is 19.9 Å². The Balaban J connectivity index is 0. The molecule has 0 atom stereocenters. The number of aryl methyl sites for hydroxylation is 2. The van der Waals surface area contributed by atoms with Gasteiger partial charge in [-0.25, -0.2) is 47.2 Å². The molecule has 2 heterocycles. The van der Waals surface area contributed by atoms with Gasteiger partial charge in [0.05, 0.1) is 28.1 Å². The average molecular weight is 629 g/mol. The molecule has 0 fully saturated rings. The molecule has 213 valence electrons. The van der Waals surface area contributed by atoms with Crippen molar-refractivity contribution in [3.8, 4) is 6.07 Å². The number of aromatic nitrogens is 4. The minimum atomic E-state index is -4.94. The van der Waals surface area contributed by atoms with E-state index in [1.165, 1.54) is 18.1 Å². The van der Waals surface area contributed by atoms with E-state index in [1.54, 1.807) is 6.07 Å². The van der Waals surface area contributed by atoms with Gasteiger partial charge in [-0.1, -0.05) is 12.1 Å². The summed E-state index contributed by atoms with van der Waals surface area (Å²) in [5, 5.41) is 7.32. The fraction of sp³-hybridized carbons (Fsp3) is 0.250. The van der Waals surface area contributed by atoms with Gasteiger partial charge < -0.3 is 20.2 Å². The van der Waals surface area contributed by atoms with Crippen LogP contribution in [0.3, 0.4) is 0 Å². The first-order valence-corrected chi connectivity index (χ1v) is 12.1. The monoisotopic (exact) mass is 627 g/mol. The number of fused-ring (bicyclic) bond motifs is 2. The number of nitrogens with zero attached hydrogens (tertiary/aromatic N) is 3. The van der Waals surface area contributed by atoms with Crippen LogP contribution in [0.2, 0.25) is 0 Å². The summed E-state index contributed by atoms with van der Waals surface area (Å²) in [6.07, 6.45) is 0. The molecule has 0 aliphatic carbocycles. The third kappa shape index (κ3) is 16.4. The number of ether oxygens (including phenoxy) is 1. The smallest absolute Gasteiger partial charge is 0.457 e. The number of nitriles is 1. The Labute approximate surface area is 231 Å². The molecule has 0 bridgehead atoms. The van der Waals surface area contributed by atoms with Crippen molar-refractivity contribution < 1.29 is 85.0 Å². The Morgan fingerprint density at radius 2 is 1.18 bits per heavy atom. The number of halogens is 2. The molecule has 18 heteroatoms. The summed E-state index contributed by atoms with van der Waals surface area (Å²) in [4.78, 5) is 15.6. The zero-order valence-electron chi connectivity index (χ0n) is 20.0. The van der Waals surface area contributed by atoms with Crippen LogP contribution in [0.15, 0.2) is 36.4 Å². The quantitative estimate of drug-likeness (QED) is 0.157. The number of para-hydroxylation sites is 2. The third-order valence-corrected chi connectivity index (χ3v) is 4.06. The molecule has 4 rings (SSSR count). The van der Waals surface area contributed by atoms with E-state index >= 15 is 0 Å². The predicted molar refractivity (Wildman–Crippen MR) is 106 cm³/mol. The number of hydrogen-bond acceptors (Lipinski definition) is 12. The number of hydrogen-bond donors (Lipinski definition) is 2. The topological polar surface area (TPSA) is 308 Å². The summed E-state index contributed by atoms with van der Waals surface area (Å²) in [7, 11) is -9.89. The van der Waals surface area contributed by atoms with Crippen molar-refractivity contribution in [2.45, 2.75) is 34.0 Å². The van der Waals surface area contributed by atoms with Crippen LogP contribution in [0, 0.1) is 45.7 Å². The summed E-state index contributed by atoms with van der Waals surface area (Å²) in [5.74, 6) is 1.66. The van der Waals surface area contributed by atoms with Gasteiger partial charge in [0.2, 0.25) is 0 Å². The van der Waals surface area contributed by atoms with E-state index in [0.29, 0.717) is 13.2 Å². The van der Waals surface area contributed by atoms with Crippen molar-refractivity contribution in [2.24, 2.45) is 0 Å². The second kappa shape index (κ2) is 17.2. The van der Waals surface area contributed by atoms with Gasteiger partial charge >= 0.3 is 17.1 Å². The van der Waals surface area contributed by atoms with E-state index in [1.807, 2.05) is 24.3 Å². The van der Waals surface area contributed by atoms with Gasteiger partial charge in [0, 0.05) is 6.92 Å². The van der Waals surface area contributed by atoms with Crippen molar-refractivity contribution in [2.75, 3.05) is 0 Å². The second-order valence-electron chi connectivity index (χ2n) is 6.81. The Bertz CT molecular complexity index is 1190. The van der Waals surface area contributed by atoms with E-state index in [4.69, 9.17) is 47.3 Å². The Hall–Kier alpha value is -2.43. The van der Waals surface area contributed by atoms with Crippen molar-refractivity contribution in [3.05, 3.63) is 59.2 Å². The Kier molecular flexibility index (Phi) is 17.1. The molecule has 0 unspecified atom stereocenters. The number of nitrogens with one attached hydrogen (secondary N) is 2. The summed E-state index contributed by atoms with van der Waals surface area (Å²) in [6, 6.07) is 13.9. The van der Waals surface area contributed by atoms with Gasteiger partial charge in [-0.15, -0.1) is 20.5 Å². The average Bonchev–Trinajstić information content (AvgIpc) is 3.29. The molecule has 0 aliphatic heterocycles. The number of H-pyrrole nitrogens is 2. The molecular formula is C20H24Cl2CuN5O10+. The fourth-order valence-electron chi connectivity index (χ4n) is 2.71. The molecule has 1 radical (unpaired) electrons. The third-order valence-electron chi connectivity index (χ3n) is 4.06. The normalized spacial score (nSPS) is 10.4. The summed E-state index contributed by atoms with van der Waals surface area (Å²) in [6.45, 7) is 6.50. The first-order valence-electron chi connectivity index (χ1n) is 9.62. The molecule has 0 amide bonds. The standard InChI is InChI=1S/C18H18N4O.C2H3N.2ClHO4.Cu.H2O/c1-11-7-15-16(8-12(11)2)22-18(21-15)10-23-9-17-19-13-5-3-4-6-14(13)20-17;1-2-3;2*2-1(3,4)5;;/h3-8H,9-10H2,1-2H3,(H,19,20)(H,21,22);1H3;2*(H,2,3,4,5);;1H2/q;;;;+2;/p-1. The molecule has 5 N–H and O–H groups in total. The van der Waals surface area contributed by atoms with Crippen LogP contribution in [0.25, 0.3) is 22.1 Å². The van der Waals surface area contributed by atoms with Crippen molar-refractivity contribution in [3.63, 3.8) is 0 Å². The molecule has 0 aliphatic rings. The van der Waals surface area contributed by atoms with E-state index in [9.17, 15) is 0 Å². The molecule has 38 heavy (non-hydrogen) atoms. The van der Waals surface area contributed by atoms with Gasteiger partial charge in [0.1, 0.15) is 24.9 Å². The maximum absolute atomic E-state index is 8.49. The van der Waals surface area contributed by atoms with Crippen LogP contribution in [0.5, 0.6) is 0 Å². The SMILES string of the molecule is CC#N.Cc1cc2nc(COCc3nc4ccccc4[nH]3)[nH]c2cc1C.[Cu+2].[O-][Cl+3]([O-])([O-])[O-].[O-][Cl+3]([O-])([O-])[O-].[OH3+]. The van der Waals surface area contributed by atoms with E-state index in [-0.39, 0.29) is 22.5 Å². The minimum absolute atomic E-state index is 0. The van der Waals surface area contributed by atoms with Gasteiger partial charge in [0.25, 0.3) is 0 Å². The molecule has 0 spiro atoms. The number of imidazole rings is 2. The predicted octanol–water partition coefficient (Wildman–Crippen LogP) is -6.13. The van der Waals surface area contributed by atoms with Gasteiger partial charge in [-0.2, -0.15) is 5.26 Å². The largest absolute Gasteiger partial charge is 2.00 e. The van der Waals surface area contributed by atoms with E-state index in [0.717, 1.165) is 33.7 Å². The molecule has 15 nitrogen and oxygen atoms in total. The van der Waals surface area contributed by atoms with Crippen molar-refractivity contribution >= 4 is 22.1 Å². The van der Waals surface area contributed by atoms with Crippen LogP contribution >= 0.6 is 0 Å². The zero-order chi connectivity index (χ0) is 27.5. The Morgan fingerprint density at radius 3 is 1.66 bits per heavy atom. The van der Waals surface area contributed by atoms with Gasteiger partial charge in [-0.05, 0) is 49.2 Å². The molecular weight excluding hydrogens is 605 g/mol. The first-order chi connectivity index (χ1) is 16.6. The Morgan fingerprint density at radius 1 is 0.789 bits per heavy atom. The molecule has 0 saturated heterocycles. The molecule has 0 saturated carbocycles. The zero-order valence-corrected chi connectivity index (χ0v) is 22.5. The van der Waals surface area contributed by atoms with Crippen LogP contribution in [-0.4, -0.2) is 19.9 Å². The van der Waals surface area contributed by atoms with Crippen LogP contribution in [0.1, 0.15) is 29.7 Å². The summed E-state index contributed by atoms with van der Waals surface area (Å²) in [5.41, 5.74) is 6.53. The fourth-order valence-corrected chi connectivity index (χ4v) is 2.71. The van der Waals surface area contributed by atoms with Crippen molar-refractivity contribution in [1.29, 1.82) is 5.26 Å². The number of benzene rings is 2. The molecule has 4 aromatic rings. The van der Waals surface area contributed by atoms with Gasteiger partial charge in [0.15, 0.2) is 0 Å². The molecule has 2 aromatic carbocycles. The van der Waals surface area contributed by atoms with Crippen LogP contribution in [0.4, 0.5) is 0 Å². The number of aromatic amines is 2. The second-order valence-corrected chi connectivity index (χ2v) is 8.32. The van der Waals surface area contributed by atoms with E-state index < -0.39 is 20.5 Å². The summed E-state index contributed by atoms with van der Waals surface area (Å²) >= 11 is 0. The van der Waals surface area contributed by atoms with E-state index in [2.05, 4.69) is 45.9 Å².